The second-order valence-electron chi connectivity index (χ2n) is 6.60. The van der Waals surface area contributed by atoms with E-state index < -0.39 is 17.7 Å². The first-order valence-corrected chi connectivity index (χ1v) is 8.40. The van der Waals surface area contributed by atoms with Gasteiger partial charge in [0.15, 0.2) is 0 Å². The molecule has 5 heteroatoms. The average Bonchev–Trinajstić information content (AvgIpc) is 2.53. The Kier molecular flexibility index (Phi) is 6.46. The molecule has 132 valence electrons. The van der Waals surface area contributed by atoms with E-state index in [4.69, 9.17) is 5.11 Å². The van der Waals surface area contributed by atoms with E-state index in [9.17, 15) is 18.0 Å². The van der Waals surface area contributed by atoms with Gasteiger partial charge in [-0.15, -0.1) is 0 Å². The lowest BCUT2D eigenvalue weighted by Crippen LogP contribution is -2.15. The molecular weight excluding hydrogens is 317 g/mol. The number of rotatable bonds is 6. The van der Waals surface area contributed by atoms with E-state index in [2.05, 4.69) is 0 Å². The molecule has 1 N–H and O–H groups in total. The molecule has 0 aromatic heterocycles. The number of aliphatic carboxylic acids is 1. The average molecular weight is 340 g/mol. The molecule has 1 fully saturated rings. The number of hydrogen-bond acceptors (Lipinski definition) is 1. The predicted octanol–water partition coefficient (Wildman–Crippen LogP) is 5.48. The van der Waals surface area contributed by atoms with E-state index in [1.165, 1.54) is 6.08 Å². The van der Waals surface area contributed by atoms with Gasteiger partial charge in [0.05, 0.1) is 5.56 Å². The summed E-state index contributed by atoms with van der Waals surface area (Å²) in [6.45, 7) is 0. The van der Waals surface area contributed by atoms with Crippen LogP contribution in [0.3, 0.4) is 0 Å². The molecule has 1 aliphatic carbocycles. The Morgan fingerprint density at radius 3 is 2.21 bits per heavy atom. The Bertz CT molecular complexity index is 553. The van der Waals surface area contributed by atoms with Gasteiger partial charge in [0.1, 0.15) is 0 Å². The van der Waals surface area contributed by atoms with Crippen LogP contribution in [-0.2, 0) is 17.4 Å². The molecule has 0 unspecified atom stereocenters. The lowest BCUT2D eigenvalue weighted by molar-refractivity contribution is -0.137. The highest BCUT2D eigenvalue weighted by atomic mass is 19.4. The lowest BCUT2D eigenvalue weighted by Gasteiger charge is -2.27. The molecular formula is C19H23F3O2. The number of hydrogen-bond donors (Lipinski definition) is 1. The number of carboxylic acids is 1. The SMILES string of the molecule is O=C(O)/C=C/CC1CCC(CCc2ccc(C(F)(F)F)cc2)CC1. The summed E-state index contributed by atoms with van der Waals surface area (Å²) in [6.07, 6.45) is 5.73. The Balaban J connectivity index is 1.72. The highest BCUT2D eigenvalue weighted by molar-refractivity contribution is 5.79. The summed E-state index contributed by atoms with van der Waals surface area (Å²) in [5.74, 6) is 0.273. The van der Waals surface area contributed by atoms with Gasteiger partial charge in [0.25, 0.3) is 0 Å². The first-order chi connectivity index (χ1) is 11.3. The Morgan fingerprint density at radius 2 is 1.67 bits per heavy atom. The summed E-state index contributed by atoms with van der Waals surface area (Å²) in [6, 6.07) is 5.46. The number of alkyl halides is 3. The van der Waals surface area contributed by atoms with Crippen LogP contribution in [0.1, 0.15) is 49.7 Å². The van der Waals surface area contributed by atoms with Crippen LogP contribution in [0.2, 0.25) is 0 Å². The van der Waals surface area contributed by atoms with E-state index in [0.29, 0.717) is 11.8 Å². The summed E-state index contributed by atoms with van der Waals surface area (Å²) >= 11 is 0. The van der Waals surface area contributed by atoms with Gasteiger partial charge < -0.3 is 5.11 Å². The first kappa shape index (κ1) is 18.6. The van der Waals surface area contributed by atoms with Crippen molar-refractivity contribution in [3.8, 4) is 0 Å². The largest absolute Gasteiger partial charge is 0.478 e. The molecule has 0 aliphatic heterocycles. The molecule has 2 rings (SSSR count). The number of benzene rings is 1. The fourth-order valence-corrected chi connectivity index (χ4v) is 3.35. The number of halogens is 3. The van der Waals surface area contributed by atoms with Gasteiger partial charge in [-0.1, -0.05) is 31.1 Å². The van der Waals surface area contributed by atoms with Crippen molar-refractivity contribution in [2.75, 3.05) is 0 Å². The van der Waals surface area contributed by atoms with Gasteiger partial charge in [0, 0.05) is 6.08 Å². The maximum atomic E-state index is 12.5. The summed E-state index contributed by atoms with van der Waals surface area (Å²) in [5, 5.41) is 8.58. The zero-order chi connectivity index (χ0) is 17.6. The fraction of sp³-hybridized carbons (Fsp3) is 0.526. The summed E-state index contributed by atoms with van der Waals surface area (Å²) < 4.78 is 37.6. The fourth-order valence-electron chi connectivity index (χ4n) is 3.35. The lowest BCUT2D eigenvalue weighted by atomic mass is 9.78. The van der Waals surface area contributed by atoms with Crippen molar-refractivity contribution < 1.29 is 23.1 Å². The van der Waals surface area contributed by atoms with E-state index in [0.717, 1.165) is 62.6 Å². The van der Waals surface area contributed by atoms with Crippen LogP contribution in [-0.4, -0.2) is 11.1 Å². The molecule has 1 aromatic carbocycles. The molecule has 1 saturated carbocycles. The first-order valence-electron chi connectivity index (χ1n) is 8.40. The Hall–Kier alpha value is -1.78. The molecule has 1 aliphatic rings. The van der Waals surface area contributed by atoms with Crippen molar-refractivity contribution in [1.29, 1.82) is 0 Å². The summed E-state index contributed by atoms with van der Waals surface area (Å²) in [5.41, 5.74) is 0.357. The smallest absolute Gasteiger partial charge is 0.416 e. The maximum absolute atomic E-state index is 12.5. The molecule has 0 amide bonds. The third-order valence-electron chi connectivity index (χ3n) is 4.82. The predicted molar refractivity (Wildman–Crippen MR) is 86.6 cm³/mol. The maximum Gasteiger partial charge on any atom is 0.416 e. The van der Waals surface area contributed by atoms with E-state index >= 15 is 0 Å². The molecule has 1 aromatic rings. The minimum Gasteiger partial charge on any atom is -0.478 e. The molecule has 0 saturated heterocycles. The number of allylic oxidation sites excluding steroid dienone is 1. The van der Waals surface area contributed by atoms with E-state index in [-0.39, 0.29) is 0 Å². The number of aryl methyl sites for hydroxylation is 1. The van der Waals surface area contributed by atoms with Crippen molar-refractivity contribution in [1.82, 2.24) is 0 Å². The topological polar surface area (TPSA) is 37.3 Å². The standard InChI is InChI=1S/C19H23F3O2/c20-19(21,22)17-12-10-16(11-13-17)9-8-15-6-4-14(5-7-15)2-1-3-18(23)24/h1,3,10-15H,2,4-9H2,(H,23,24)/b3-1+. The highest BCUT2D eigenvalue weighted by Gasteiger charge is 2.30. The van der Waals surface area contributed by atoms with Crippen molar-refractivity contribution in [2.24, 2.45) is 11.8 Å². The minimum absolute atomic E-state index is 0.558. The minimum atomic E-state index is -4.27. The van der Waals surface area contributed by atoms with Crippen LogP contribution >= 0.6 is 0 Å². The monoisotopic (exact) mass is 340 g/mol. The van der Waals surface area contributed by atoms with Gasteiger partial charge in [-0.05, 0) is 61.6 Å². The normalized spacial score (nSPS) is 22.0. The quantitative estimate of drug-likeness (QED) is 0.697. The molecule has 0 atom stereocenters. The second kappa shape index (κ2) is 8.36. The molecule has 0 spiro atoms. The summed E-state index contributed by atoms with van der Waals surface area (Å²) in [7, 11) is 0. The second-order valence-corrected chi connectivity index (χ2v) is 6.60. The highest BCUT2D eigenvalue weighted by Crippen LogP contribution is 2.34. The molecule has 0 radical (unpaired) electrons. The Labute approximate surface area is 140 Å². The Morgan fingerprint density at radius 1 is 1.08 bits per heavy atom. The third-order valence-corrected chi connectivity index (χ3v) is 4.82. The van der Waals surface area contributed by atoms with Crippen molar-refractivity contribution in [3.63, 3.8) is 0 Å². The van der Waals surface area contributed by atoms with E-state index in [1.807, 2.05) is 0 Å². The molecule has 0 bridgehead atoms. The zero-order valence-corrected chi connectivity index (χ0v) is 13.6. The number of carbonyl (C=O) groups is 1. The van der Waals surface area contributed by atoms with Crippen molar-refractivity contribution >= 4 is 5.97 Å². The van der Waals surface area contributed by atoms with Crippen molar-refractivity contribution in [2.45, 2.75) is 51.1 Å². The van der Waals surface area contributed by atoms with E-state index in [1.54, 1.807) is 18.2 Å². The third kappa shape index (κ3) is 6.02. The van der Waals surface area contributed by atoms with Crippen LogP contribution < -0.4 is 0 Å². The molecule has 2 nitrogen and oxygen atoms in total. The van der Waals surface area contributed by atoms with Crippen LogP contribution in [0.5, 0.6) is 0 Å². The number of carboxylic acid groups (broad SMARTS) is 1. The van der Waals surface area contributed by atoms with Crippen LogP contribution in [0.4, 0.5) is 13.2 Å². The van der Waals surface area contributed by atoms with Gasteiger partial charge in [-0.25, -0.2) is 4.79 Å². The van der Waals surface area contributed by atoms with Gasteiger partial charge >= 0.3 is 12.1 Å². The summed E-state index contributed by atoms with van der Waals surface area (Å²) in [4.78, 5) is 10.4. The zero-order valence-electron chi connectivity index (χ0n) is 13.6. The molecule has 24 heavy (non-hydrogen) atoms. The molecule has 0 heterocycles. The van der Waals surface area contributed by atoms with Gasteiger partial charge in [-0.3, -0.25) is 0 Å². The van der Waals surface area contributed by atoms with Gasteiger partial charge in [-0.2, -0.15) is 13.2 Å². The van der Waals surface area contributed by atoms with Crippen LogP contribution in [0.25, 0.3) is 0 Å². The van der Waals surface area contributed by atoms with Crippen LogP contribution in [0, 0.1) is 11.8 Å². The van der Waals surface area contributed by atoms with Crippen LogP contribution in [0.15, 0.2) is 36.4 Å². The van der Waals surface area contributed by atoms with Crippen molar-refractivity contribution in [3.05, 3.63) is 47.5 Å². The van der Waals surface area contributed by atoms with Gasteiger partial charge in [0.2, 0.25) is 0 Å².